The Kier molecular flexibility index (Phi) is 5.37. The van der Waals surface area contributed by atoms with Crippen molar-refractivity contribution in [2.24, 2.45) is 5.92 Å². The molecule has 1 amide bonds. The van der Waals surface area contributed by atoms with Gasteiger partial charge in [0.15, 0.2) is 0 Å². The molecular formula is C14H23N3O2S. The van der Waals surface area contributed by atoms with E-state index in [2.05, 4.69) is 9.88 Å². The maximum Gasteiger partial charge on any atom is 0.409 e. The molecule has 5 nitrogen and oxygen atoms in total. The predicted octanol–water partition coefficient (Wildman–Crippen LogP) is 2.36. The van der Waals surface area contributed by atoms with E-state index in [-0.39, 0.29) is 6.09 Å². The lowest BCUT2D eigenvalue weighted by molar-refractivity contribution is 0.0677. The number of thiazole rings is 1. The Hall–Kier alpha value is -1.14. The fourth-order valence-corrected chi connectivity index (χ4v) is 2.92. The zero-order valence-corrected chi connectivity index (χ0v) is 13.3. The van der Waals surface area contributed by atoms with E-state index in [1.165, 1.54) is 4.88 Å². The maximum absolute atomic E-state index is 11.9. The van der Waals surface area contributed by atoms with Crippen LogP contribution in [0.1, 0.15) is 24.4 Å². The Morgan fingerprint density at radius 1 is 1.40 bits per heavy atom. The summed E-state index contributed by atoms with van der Waals surface area (Å²) in [5, 5.41) is 0. The Morgan fingerprint density at radius 3 is 2.65 bits per heavy atom. The molecule has 2 rings (SSSR count). The van der Waals surface area contributed by atoms with Gasteiger partial charge in [0.2, 0.25) is 0 Å². The van der Waals surface area contributed by atoms with Gasteiger partial charge in [-0.15, -0.1) is 11.3 Å². The van der Waals surface area contributed by atoms with Crippen molar-refractivity contribution in [2.45, 2.75) is 27.3 Å². The van der Waals surface area contributed by atoms with Crippen LogP contribution in [0.5, 0.6) is 0 Å². The molecule has 1 fully saturated rings. The summed E-state index contributed by atoms with van der Waals surface area (Å²) in [6, 6.07) is 0. The fraction of sp³-hybridized carbons (Fsp3) is 0.714. The molecule has 1 aliphatic heterocycles. The van der Waals surface area contributed by atoms with Crippen LogP contribution in [0.2, 0.25) is 0 Å². The second-order valence-corrected chi connectivity index (χ2v) is 6.53. The van der Waals surface area contributed by atoms with Crippen LogP contribution in [0.3, 0.4) is 0 Å². The zero-order chi connectivity index (χ0) is 14.5. The van der Waals surface area contributed by atoms with Crippen LogP contribution in [0, 0.1) is 12.8 Å². The van der Waals surface area contributed by atoms with Crippen molar-refractivity contribution in [2.75, 3.05) is 32.8 Å². The SMILES string of the molecule is Cc1ncsc1CN1CCN(C(=O)OCC(C)C)CC1. The highest BCUT2D eigenvalue weighted by atomic mass is 32.1. The van der Waals surface area contributed by atoms with Crippen molar-refractivity contribution >= 4 is 17.4 Å². The maximum atomic E-state index is 11.9. The van der Waals surface area contributed by atoms with E-state index in [0.29, 0.717) is 12.5 Å². The van der Waals surface area contributed by atoms with E-state index in [0.717, 1.165) is 38.4 Å². The molecule has 0 atom stereocenters. The Balaban J connectivity index is 1.75. The number of ether oxygens (including phenoxy) is 1. The molecule has 0 aliphatic carbocycles. The van der Waals surface area contributed by atoms with E-state index >= 15 is 0 Å². The minimum atomic E-state index is -0.174. The molecular weight excluding hydrogens is 274 g/mol. The first-order chi connectivity index (χ1) is 9.56. The van der Waals surface area contributed by atoms with Crippen LogP contribution in [-0.2, 0) is 11.3 Å². The molecule has 0 N–H and O–H groups in total. The molecule has 1 aromatic rings. The third-order valence-electron chi connectivity index (χ3n) is 3.38. The molecule has 1 aliphatic rings. The largest absolute Gasteiger partial charge is 0.449 e. The van der Waals surface area contributed by atoms with Gasteiger partial charge in [-0.2, -0.15) is 0 Å². The van der Waals surface area contributed by atoms with Crippen molar-refractivity contribution in [3.05, 3.63) is 16.1 Å². The molecule has 1 aromatic heterocycles. The summed E-state index contributed by atoms with van der Waals surface area (Å²) in [7, 11) is 0. The van der Waals surface area contributed by atoms with Gasteiger partial charge in [-0.05, 0) is 12.8 Å². The first-order valence-corrected chi connectivity index (χ1v) is 7.97. The average molecular weight is 297 g/mol. The highest BCUT2D eigenvalue weighted by Crippen LogP contribution is 2.16. The monoisotopic (exact) mass is 297 g/mol. The molecule has 112 valence electrons. The molecule has 0 radical (unpaired) electrons. The molecule has 6 heteroatoms. The number of carbonyl (C=O) groups excluding carboxylic acids is 1. The highest BCUT2D eigenvalue weighted by Gasteiger charge is 2.22. The van der Waals surface area contributed by atoms with Crippen LogP contribution in [0.25, 0.3) is 0 Å². The smallest absolute Gasteiger partial charge is 0.409 e. The second-order valence-electron chi connectivity index (χ2n) is 5.59. The lowest BCUT2D eigenvalue weighted by Gasteiger charge is -2.34. The fourth-order valence-electron chi connectivity index (χ4n) is 2.10. The van der Waals surface area contributed by atoms with Crippen LogP contribution >= 0.6 is 11.3 Å². The Bertz CT molecular complexity index is 439. The molecule has 0 unspecified atom stereocenters. The van der Waals surface area contributed by atoms with Crippen molar-refractivity contribution < 1.29 is 9.53 Å². The quantitative estimate of drug-likeness (QED) is 0.856. The summed E-state index contributed by atoms with van der Waals surface area (Å²) in [5.74, 6) is 0.384. The van der Waals surface area contributed by atoms with E-state index in [4.69, 9.17) is 4.74 Å². The zero-order valence-electron chi connectivity index (χ0n) is 12.5. The molecule has 0 spiro atoms. The number of piperazine rings is 1. The van der Waals surface area contributed by atoms with Gasteiger partial charge in [0.25, 0.3) is 0 Å². The number of rotatable bonds is 4. The van der Waals surface area contributed by atoms with Crippen LogP contribution in [0.4, 0.5) is 4.79 Å². The summed E-state index contributed by atoms with van der Waals surface area (Å²) in [4.78, 5) is 21.6. The highest BCUT2D eigenvalue weighted by molar-refractivity contribution is 7.09. The standard InChI is InChI=1S/C14H23N3O2S/c1-11(2)9-19-14(18)17-6-4-16(5-7-17)8-13-12(3)15-10-20-13/h10-11H,4-9H2,1-3H3. The molecule has 0 bridgehead atoms. The third-order valence-corrected chi connectivity index (χ3v) is 4.30. The molecule has 1 saturated heterocycles. The van der Waals surface area contributed by atoms with Crippen LogP contribution in [0.15, 0.2) is 5.51 Å². The summed E-state index contributed by atoms with van der Waals surface area (Å²) in [6.07, 6.45) is -0.174. The minimum Gasteiger partial charge on any atom is -0.449 e. The topological polar surface area (TPSA) is 45.7 Å². The lowest BCUT2D eigenvalue weighted by Crippen LogP contribution is -2.48. The van der Waals surface area contributed by atoms with Crippen molar-refractivity contribution in [3.8, 4) is 0 Å². The predicted molar refractivity (Wildman–Crippen MR) is 79.9 cm³/mol. The minimum absolute atomic E-state index is 0.174. The number of aromatic nitrogens is 1. The van der Waals surface area contributed by atoms with Gasteiger partial charge in [-0.25, -0.2) is 9.78 Å². The van der Waals surface area contributed by atoms with Gasteiger partial charge in [-0.1, -0.05) is 13.8 Å². The summed E-state index contributed by atoms with van der Waals surface area (Å²) >= 11 is 1.70. The number of hydrogen-bond donors (Lipinski definition) is 0. The lowest BCUT2D eigenvalue weighted by atomic mass is 10.2. The number of aryl methyl sites for hydroxylation is 1. The number of hydrogen-bond acceptors (Lipinski definition) is 5. The molecule has 0 aromatic carbocycles. The van der Waals surface area contributed by atoms with Gasteiger partial charge < -0.3 is 9.64 Å². The van der Waals surface area contributed by atoms with Crippen molar-refractivity contribution in [1.82, 2.24) is 14.8 Å². The first kappa shape index (κ1) is 15.3. The van der Waals surface area contributed by atoms with Gasteiger partial charge in [0.1, 0.15) is 0 Å². The Morgan fingerprint density at radius 2 is 2.10 bits per heavy atom. The van der Waals surface area contributed by atoms with E-state index in [1.807, 2.05) is 26.3 Å². The van der Waals surface area contributed by atoms with Crippen LogP contribution in [-0.4, -0.2) is 53.7 Å². The number of amides is 1. The average Bonchev–Trinajstić information content (AvgIpc) is 2.82. The van der Waals surface area contributed by atoms with Gasteiger partial charge in [0.05, 0.1) is 17.8 Å². The first-order valence-electron chi connectivity index (χ1n) is 7.09. The van der Waals surface area contributed by atoms with E-state index in [1.54, 1.807) is 16.2 Å². The van der Waals surface area contributed by atoms with Gasteiger partial charge in [-0.3, -0.25) is 4.90 Å². The van der Waals surface area contributed by atoms with E-state index in [9.17, 15) is 4.79 Å². The van der Waals surface area contributed by atoms with Gasteiger partial charge >= 0.3 is 6.09 Å². The normalized spacial score (nSPS) is 16.7. The second kappa shape index (κ2) is 7.04. The van der Waals surface area contributed by atoms with Crippen molar-refractivity contribution in [1.29, 1.82) is 0 Å². The summed E-state index contributed by atoms with van der Waals surface area (Å²) < 4.78 is 5.26. The number of nitrogens with zero attached hydrogens (tertiary/aromatic N) is 3. The van der Waals surface area contributed by atoms with Gasteiger partial charge in [0, 0.05) is 37.6 Å². The molecule has 2 heterocycles. The number of carbonyl (C=O) groups is 1. The Labute approximate surface area is 124 Å². The van der Waals surface area contributed by atoms with Crippen molar-refractivity contribution in [3.63, 3.8) is 0 Å². The molecule has 20 heavy (non-hydrogen) atoms. The van der Waals surface area contributed by atoms with E-state index < -0.39 is 0 Å². The summed E-state index contributed by atoms with van der Waals surface area (Å²) in [6.45, 7) is 10.9. The summed E-state index contributed by atoms with van der Waals surface area (Å²) in [5.41, 5.74) is 3.01. The van der Waals surface area contributed by atoms with Crippen LogP contribution < -0.4 is 0 Å². The third kappa shape index (κ3) is 4.18. The molecule has 0 saturated carbocycles.